The van der Waals surface area contributed by atoms with Gasteiger partial charge in [-0.25, -0.2) is 15.0 Å². The van der Waals surface area contributed by atoms with Gasteiger partial charge in [0, 0.05) is 56.7 Å². The summed E-state index contributed by atoms with van der Waals surface area (Å²) in [5, 5.41) is 2.28. The monoisotopic (exact) mass is 1060 g/mol. The van der Waals surface area contributed by atoms with Crippen LogP contribution in [0.25, 0.3) is 72.7 Å². The number of para-hydroxylation sites is 3. The van der Waals surface area contributed by atoms with Crippen LogP contribution in [0.2, 0.25) is 0 Å². The van der Waals surface area contributed by atoms with Crippen LogP contribution in [-0.2, 0) is 0 Å². The van der Waals surface area contributed by atoms with Crippen molar-refractivity contribution in [2.45, 2.75) is 41.2 Å². The molecule has 0 radical (unpaired) electrons. The summed E-state index contributed by atoms with van der Waals surface area (Å²) in [4.78, 5) is 26.3. The lowest BCUT2D eigenvalue weighted by atomic mass is 10.1. The van der Waals surface area contributed by atoms with Gasteiger partial charge in [0.05, 0.1) is 33.1 Å². The van der Waals surface area contributed by atoms with Crippen LogP contribution in [0.5, 0.6) is 0 Å². The molecule has 0 aliphatic heterocycles. The van der Waals surface area contributed by atoms with Crippen molar-refractivity contribution < 1.29 is 0 Å². The summed E-state index contributed by atoms with van der Waals surface area (Å²) in [5.74, 6) is 5.57. The minimum atomic E-state index is -2.08. The Balaban J connectivity index is 1.02. The first-order chi connectivity index (χ1) is 39.6. The molecular weight excluding hydrogens is 1010 g/mol. The molecule has 382 valence electrons. The van der Waals surface area contributed by atoms with Gasteiger partial charge in [-0.1, -0.05) is 164 Å². The quantitative estimate of drug-likeness (QED) is 0.0905. The maximum Gasteiger partial charge on any atom is 0.221 e. The van der Waals surface area contributed by atoms with E-state index in [0.717, 1.165) is 70.8 Å². The van der Waals surface area contributed by atoms with Crippen LogP contribution in [0, 0.1) is 12.3 Å². The van der Waals surface area contributed by atoms with Crippen LogP contribution < -0.4 is 0 Å². The second kappa shape index (κ2) is 20.1. The Morgan fingerprint density at radius 1 is 0.412 bits per heavy atom. The molecule has 0 spiro atoms. The Bertz CT molecular complexity index is 4580. The Morgan fingerprint density at radius 3 is 1.48 bits per heavy atom. The molecule has 0 amide bonds. The minimum absolute atomic E-state index is 0.605. The van der Waals surface area contributed by atoms with Gasteiger partial charge in [-0.05, 0) is 139 Å². The summed E-state index contributed by atoms with van der Waals surface area (Å²) in [6.07, 6.45) is 12.1. The van der Waals surface area contributed by atoms with Gasteiger partial charge in [0.1, 0.15) is 11.6 Å². The zero-order valence-corrected chi connectivity index (χ0v) is 45.4. The predicted molar refractivity (Wildman–Crippen MR) is 332 cm³/mol. The van der Waals surface area contributed by atoms with Gasteiger partial charge in [-0.3, -0.25) is 13.5 Å². The minimum Gasteiger partial charge on any atom is -0.294 e. The molecule has 0 atom stereocenters. The van der Waals surface area contributed by atoms with E-state index in [1.165, 1.54) is 29.4 Å². The lowest BCUT2D eigenvalue weighted by molar-refractivity contribution is 0.980. The van der Waals surface area contributed by atoms with Crippen molar-refractivity contribution >= 4 is 69.7 Å². The third kappa shape index (κ3) is 7.66. The van der Waals surface area contributed by atoms with Gasteiger partial charge in [-0.15, -0.1) is 26.5 Å². The normalized spacial score (nSPS) is 12.7. The van der Waals surface area contributed by atoms with Crippen molar-refractivity contribution in [2.75, 3.05) is 0 Å². The Hall–Kier alpha value is -9.91. The van der Waals surface area contributed by atoms with E-state index in [0.29, 0.717) is 11.6 Å². The molecule has 8 heteroatoms. The number of aromatic nitrogens is 6. The van der Waals surface area contributed by atoms with E-state index < -0.39 is 20.1 Å². The van der Waals surface area contributed by atoms with Gasteiger partial charge < -0.3 is 0 Å². The van der Waals surface area contributed by atoms with E-state index in [9.17, 15) is 0 Å². The van der Waals surface area contributed by atoms with Crippen LogP contribution >= 0.6 is 20.1 Å². The lowest BCUT2D eigenvalue weighted by Crippen LogP contribution is -2.07. The average Bonchev–Trinajstić information content (AvgIpc) is 4.34. The number of fused-ring (bicyclic) bond motifs is 8. The summed E-state index contributed by atoms with van der Waals surface area (Å²) < 4.78 is 6.82. The van der Waals surface area contributed by atoms with E-state index in [1.54, 1.807) is 0 Å². The average molecular weight is 1070 g/mol. The van der Waals surface area contributed by atoms with Gasteiger partial charge >= 0.3 is 0 Å². The van der Waals surface area contributed by atoms with Gasteiger partial charge in [0.15, 0.2) is 5.82 Å². The molecule has 80 heavy (non-hydrogen) atoms. The first-order valence-corrected chi connectivity index (χ1v) is 30.0. The van der Waals surface area contributed by atoms with Crippen LogP contribution in [0.15, 0.2) is 330 Å². The Morgan fingerprint density at radius 2 is 0.900 bits per heavy atom. The summed E-state index contributed by atoms with van der Waals surface area (Å²) in [7, 11) is -4.05. The maximum absolute atomic E-state index is 5.94. The van der Waals surface area contributed by atoms with Crippen molar-refractivity contribution in [3.8, 4) is 35.4 Å². The molecule has 0 bridgehead atoms. The number of benzene rings is 10. The van der Waals surface area contributed by atoms with Crippen molar-refractivity contribution in [1.29, 1.82) is 0 Å². The first kappa shape index (κ1) is 48.5. The molecule has 6 nitrogen and oxygen atoms in total. The van der Waals surface area contributed by atoms with E-state index in [2.05, 4.69) is 293 Å². The molecule has 4 aromatic heterocycles. The smallest absolute Gasteiger partial charge is 0.221 e. The summed E-state index contributed by atoms with van der Waals surface area (Å²) in [6, 6.07) is 98.4. The Kier molecular flexibility index (Phi) is 12.2. The highest BCUT2D eigenvalue weighted by Gasteiger charge is 2.36. The molecule has 14 rings (SSSR count). The van der Waals surface area contributed by atoms with Crippen LogP contribution in [0.3, 0.4) is 0 Å². The van der Waals surface area contributed by atoms with Crippen molar-refractivity contribution in [2.24, 2.45) is 0 Å². The predicted octanol–water partition coefficient (Wildman–Crippen LogP) is 18.7. The number of nitrogens with zero attached hydrogens (tertiary/aromatic N) is 6. The first-order valence-electron chi connectivity index (χ1n) is 26.7. The molecule has 0 unspecified atom stereocenters. The highest BCUT2D eigenvalue weighted by atomic mass is 32.3. The summed E-state index contributed by atoms with van der Waals surface area (Å²) >= 11 is 0. The second-order valence-corrected chi connectivity index (χ2v) is 25.7. The maximum atomic E-state index is 5.94. The van der Waals surface area contributed by atoms with Crippen molar-refractivity contribution in [3.63, 3.8) is 0 Å². The molecule has 4 heterocycles. The van der Waals surface area contributed by atoms with E-state index in [-0.39, 0.29) is 0 Å². The fourth-order valence-electron chi connectivity index (χ4n) is 11.8. The third-order valence-electron chi connectivity index (χ3n) is 15.2. The van der Waals surface area contributed by atoms with Crippen LogP contribution in [-0.4, -0.2) is 28.5 Å². The van der Waals surface area contributed by atoms with E-state index >= 15 is 0 Å². The number of hydrogen-bond acceptors (Lipinski definition) is 3. The molecular formula is C72H52N6S2. The lowest BCUT2D eigenvalue weighted by Gasteiger charge is -2.42. The highest BCUT2D eigenvalue weighted by molar-refractivity contribution is 8.37. The molecule has 0 fully saturated rings. The standard InChI is InChI=1S/C72H52N6S2/c1-3-5-30-53(4-2)79(54-31-14-7-15-32-54,55-33-16-8-17-34-55)60-45-47-63-68(50-60)77-66-43-26-27-44-67(66)78(72(77)73-63)70-51-69(74-71(75-70)52-28-12-6-13-29-52)76-64-42-25-24-41-61(64)62-49-59(46-48-65(62)76)80(56-35-18-9-19-36-56,57-37-20-10-21-38-57)58-39-22-11-23-40-58/h1,4-51H,2H3/b30-5-,53-4+. The number of imidazole rings is 2. The molecule has 0 saturated heterocycles. The fourth-order valence-corrected chi connectivity index (χ4v) is 19.7. The molecule has 0 saturated carbocycles. The van der Waals surface area contributed by atoms with Crippen molar-refractivity contribution in [1.82, 2.24) is 28.5 Å². The third-order valence-corrected chi connectivity index (χ3v) is 23.1. The number of rotatable bonds is 12. The van der Waals surface area contributed by atoms with E-state index in [4.69, 9.17) is 21.4 Å². The fraction of sp³-hybridized carbons (Fsp3) is 0.0139. The van der Waals surface area contributed by atoms with Gasteiger partial charge in [-0.2, -0.15) is 0 Å². The second-order valence-electron chi connectivity index (χ2n) is 19.5. The van der Waals surface area contributed by atoms with Gasteiger partial charge in [0.2, 0.25) is 5.78 Å². The number of terminal acetylenes is 1. The zero-order valence-electron chi connectivity index (χ0n) is 43.8. The molecule has 0 aliphatic carbocycles. The number of hydrogen-bond donors (Lipinski definition) is 0. The van der Waals surface area contributed by atoms with Crippen molar-refractivity contribution in [3.05, 3.63) is 296 Å². The largest absolute Gasteiger partial charge is 0.294 e. The molecule has 14 aromatic rings. The molecule has 0 aliphatic rings. The van der Waals surface area contributed by atoms with E-state index in [1.807, 2.05) is 24.3 Å². The highest BCUT2D eigenvalue weighted by Crippen LogP contribution is 2.75. The zero-order chi connectivity index (χ0) is 53.6. The number of allylic oxidation sites excluding steroid dienone is 3. The summed E-state index contributed by atoms with van der Waals surface area (Å²) in [6.45, 7) is 2.11. The Labute approximate surface area is 468 Å². The summed E-state index contributed by atoms with van der Waals surface area (Å²) in [5.41, 5.74) is 6.83. The SMILES string of the molecule is C#C/C=C\C(=C/C)S(c1ccccc1)(c1ccccc1)c1ccc2nc3n(-c4cc(-n5c6ccccc6c6cc(S(c7ccccc7)(c7ccccc7)c7ccccc7)ccc65)nc(-c5ccccc5)n4)c4ccccc4n3c2c1. The van der Waals surface area contributed by atoms with Crippen LogP contribution in [0.4, 0.5) is 0 Å². The molecule has 10 aromatic carbocycles. The topological polar surface area (TPSA) is 52.9 Å². The van der Waals surface area contributed by atoms with Gasteiger partial charge in [0.25, 0.3) is 0 Å². The van der Waals surface area contributed by atoms with Crippen LogP contribution in [0.1, 0.15) is 6.92 Å². The molecule has 0 N–H and O–H groups in total.